The second-order valence-electron chi connectivity index (χ2n) is 4.68. The number of amides is 1. The quantitative estimate of drug-likeness (QED) is 0.796. The first kappa shape index (κ1) is 17.0. The molecular weight excluding hydrogens is 266 g/mol. The van der Waals surface area contributed by atoms with Crippen LogP contribution >= 0.6 is 0 Å². The molecule has 0 bridgehead atoms. The summed E-state index contributed by atoms with van der Waals surface area (Å²) in [7, 11) is 0. The van der Waals surface area contributed by atoms with E-state index in [4.69, 9.17) is 10.00 Å². The summed E-state index contributed by atoms with van der Waals surface area (Å²) in [6.07, 6.45) is 0. The minimum absolute atomic E-state index is 0.0471. The molecule has 0 radical (unpaired) electrons. The average Bonchev–Trinajstić information content (AvgIpc) is 2.52. The third-order valence-corrected chi connectivity index (χ3v) is 3.36. The van der Waals surface area contributed by atoms with Gasteiger partial charge in [0.1, 0.15) is 11.8 Å². The van der Waals surface area contributed by atoms with Crippen molar-refractivity contribution in [3.8, 4) is 11.8 Å². The van der Waals surface area contributed by atoms with Crippen LogP contribution in [0.1, 0.15) is 32.4 Å². The number of rotatable bonds is 8. The summed E-state index contributed by atoms with van der Waals surface area (Å²) < 4.78 is 5.21. The summed E-state index contributed by atoms with van der Waals surface area (Å²) >= 11 is 0. The zero-order chi connectivity index (χ0) is 15.7. The maximum absolute atomic E-state index is 11.9. The first-order valence-electron chi connectivity index (χ1n) is 7.23. The minimum atomic E-state index is 0.0471. The molecule has 1 aromatic rings. The van der Waals surface area contributed by atoms with Crippen LogP contribution in [0.15, 0.2) is 24.3 Å². The second-order valence-corrected chi connectivity index (χ2v) is 4.68. The molecule has 0 aromatic heterocycles. The van der Waals surface area contributed by atoms with E-state index in [2.05, 4.69) is 5.32 Å². The molecular formula is C16H23N3O2. The Bertz CT molecular complexity index is 475. The molecule has 21 heavy (non-hydrogen) atoms. The topological polar surface area (TPSA) is 65.4 Å². The van der Waals surface area contributed by atoms with Crippen molar-refractivity contribution in [2.75, 3.05) is 26.2 Å². The van der Waals surface area contributed by atoms with Crippen molar-refractivity contribution in [1.29, 1.82) is 5.26 Å². The van der Waals surface area contributed by atoms with Crippen molar-refractivity contribution >= 4 is 5.91 Å². The monoisotopic (exact) mass is 289 g/mol. The first-order chi connectivity index (χ1) is 10.1. The molecule has 0 aliphatic heterocycles. The molecule has 0 aliphatic rings. The van der Waals surface area contributed by atoms with Crippen LogP contribution in [0.5, 0.6) is 5.75 Å². The SMILES string of the molecule is CCN(CC)C(=O)CNC(C)c1ccc(OCC#N)cc1. The Morgan fingerprint density at radius 3 is 2.48 bits per heavy atom. The summed E-state index contributed by atoms with van der Waals surface area (Å²) in [5, 5.41) is 11.7. The molecule has 114 valence electrons. The maximum atomic E-state index is 11.9. The van der Waals surface area contributed by atoms with Crippen LogP contribution in [-0.2, 0) is 4.79 Å². The molecule has 0 saturated heterocycles. The van der Waals surface area contributed by atoms with Crippen molar-refractivity contribution in [3.05, 3.63) is 29.8 Å². The number of likely N-dealkylation sites (N-methyl/N-ethyl adjacent to an activating group) is 1. The number of hydrogen-bond donors (Lipinski definition) is 1. The van der Waals surface area contributed by atoms with Crippen LogP contribution in [0.4, 0.5) is 0 Å². The van der Waals surface area contributed by atoms with Crippen molar-refractivity contribution in [3.63, 3.8) is 0 Å². The molecule has 5 nitrogen and oxygen atoms in total. The van der Waals surface area contributed by atoms with E-state index in [1.165, 1.54) is 0 Å². The zero-order valence-corrected chi connectivity index (χ0v) is 12.9. The summed E-state index contributed by atoms with van der Waals surface area (Å²) in [6.45, 7) is 7.81. The minimum Gasteiger partial charge on any atom is -0.479 e. The number of nitrogens with zero attached hydrogens (tertiary/aromatic N) is 2. The number of carbonyl (C=O) groups excluding carboxylic acids is 1. The van der Waals surface area contributed by atoms with E-state index in [0.29, 0.717) is 12.3 Å². The van der Waals surface area contributed by atoms with Gasteiger partial charge >= 0.3 is 0 Å². The predicted molar refractivity (Wildman–Crippen MR) is 81.9 cm³/mol. The number of hydrogen-bond acceptors (Lipinski definition) is 4. The van der Waals surface area contributed by atoms with Crippen LogP contribution < -0.4 is 10.1 Å². The lowest BCUT2D eigenvalue weighted by Gasteiger charge is -2.21. The van der Waals surface area contributed by atoms with Gasteiger partial charge in [0.15, 0.2) is 6.61 Å². The Kier molecular flexibility index (Phi) is 7.27. The molecule has 1 N–H and O–H groups in total. The van der Waals surface area contributed by atoms with Gasteiger partial charge in [-0.1, -0.05) is 12.1 Å². The third-order valence-electron chi connectivity index (χ3n) is 3.36. The largest absolute Gasteiger partial charge is 0.479 e. The van der Waals surface area contributed by atoms with E-state index in [9.17, 15) is 4.79 Å². The highest BCUT2D eigenvalue weighted by molar-refractivity contribution is 5.78. The average molecular weight is 289 g/mol. The molecule has 0 fully saturated rings. The van der Waals surface area contributed by atoms with Gasteiger partial charge in [0.25, 0.3) is 0 Å². The van der Waals surface area contributed by atoms with Crippen LogP contribution in [0, 0.1) is 11.3 Å². The van der Waals surface area contributed by atoms with E-state index < -0.39 is 0 Å². The van der Waals surface area contributed by atoms with E-state index in [-0.39, 0.29) is 18.6 Å². The van der Waals surface area contributed by atoms with Crippen molar-refractivity contribution < 1.29 is 9.53 Å². The Labute approximate surface area is 126 Å². The van der Waals surface area contributed by atoms with Crippen molar-refractivity contribution in [2.45, 2.75) is 26.8 Å². The molecule has 0 saturated carbocycles. The molecule has 1 unspecified atom stereocenters. The van der Waals surface area contributed by atoms with Crippen LogP contribution in [-0.4, -0.2) is 37.0 Å². The lowest BCUT2D eigenvalue weighted by atomic mass is 10.1. The molecule has 0 aliphatic carbocycles. The molecule has 1 amide bonds. The lowest BCUT2D eigenvalue weighted by Crippen LogP contribution is -2.38. The maximum Gasteiger partial charge on any atom is 0.236 e. The van der Waals surface area contributed by atoms with Crippen LogP contribution in [0.25, 0.3) is 0 Å². The second kappa shape index (κ2) is 8.98. The highest BCUT2D eigenvalue weighted by Gasteiger charge is 2.11. The van der Waals surface area contributed by atoms with Gasteiger partial charge in [-0.2, -0.15) is 5.26 Å². The summed E-state index contributed by atoms with van der Waals surface area (Å²) in [5.41, 5.74) is 1.08. The van der Waals surface area contributed by atoms with Gasteiger partial charge in [0, 0.05) is 19.1 Å². The number of nitriles is 1. The van der Waals surface area contributed by atoms with E-state index >= 15 is 0 Å². The molecule has 5 heteroatoms. The summed E-state index contributed by atoms with van der Waals surface area (Å²) in [4.78, 5) is 13.7. The molecule has 0 heterocycles. The van der Waals surface area contributed by atoms with Gasteiger partial charge < -0.3 is 15.0 Å². The smallest absolute Gasteiger partial charge is 0.236 e. The number of benzene rings is 1. The molecule has 0 spiro atoms. The van der Waals surface area contributed by atoms with Gasteiger partial charge in [-0.15, -0.1) is 0 Å². The predicted octanol–water partition coefficient (Wildman–Crippen LogP) is 2.11. The van der Waals surface area contributed by atoms with E-state index in [1.807, 2.05) is 51.1 Å². The molecule has 1 aromatic carbocycles. The number of nitrogens with one attached hydrogen (secondary N) is 1. The fraction of sp³-hybridized carbons (Fsp3) is 0.500. The van der Waals surface area contributed by atoms with Crippen LogP contribution in [0.2, 0.25) is 0 Å². The fourth-order valence-corrected chi connectivity index (χ4v) is 2.01. The van der Waals surface area contributed by atoms with Gasteiger partial charge in [-0.05, 0) is 38.5 Å². The lowest BCUT2D eigenvalue weighted by molar-refractivity contribution is -0.129. The fourth-order valence-electron chi connectivity index (χ4n) is 2.01. The first-order valence-corrected chi connectivity index (χ1v) is 7.23. The van der Waals surface area contributed by atoms with Crippen LogP contribution in [0.3, 0.4) is 0 Å². The van der Waals surface area contributed by atoms with Crippen molar-refractivity contribution in [2.24, 2.45) is 0 Å². The molecule has 1 rings (SSSR count). The molecule has 1 atom stereocenters. The van der Waals surface area contributed by atoms with E-state index in [1.54, 1.807) is 4.90 Å². The summed E-state index contributed by atoms with van der Waals surface area (Å²) in [6, 6.07) is 9.54. The Morgan fingerprint density at radius 1 is 1.33 bits per heavy atom. The van der Waals surface area contributed by atoms with Gasteiger partial charge in [0.2, 0.25) is 5.91 Å². The van der Waals surface area contributed by atoms with Gasteiger partial charge in [-0.3, -0.25) is 4.79 Å². The van der Waals surface area contributed by atoms with E-state index in [0.717, 1.165) is 18.7 Å². The Balaban J connectivity index is 2.50. The zero-order valence-electron chi connectivity index (χ0n) is 12.9. The van der Waals surface area contributed by atoms with Gasteiger partial charge in [-0.25, -0.2) is 0 Å². The Morgan fingerprint density at radius 2 is 1.95 bits per heavy atom. The number of carbonyl (C=O) groups is 1. The number of ether oxygens (including phenoxy) is 1. The standard InChI is InChI=1S/C16H23N3O2/c1-4-19(5-2)16(20)12-18-13(3)14-6-8-15(9-7-14)21-11-10-17/h6-9,13,18H,4-5,11-12H2,1-3H3. The summed E-state index contributed by atoms with van der Waals surface area (Å²) in [5.74, 6) is 0.785. The Hall–Kier alpha value is -2.06. The van der Waals surface area contributed by atoms with Gasteiger partial charge in [0.05, 0.1) is 6.54 Å². The third kappa shape index (κ3) is 5.44. The normalized spacial score (nSPS) is 11.5. The highest BCUT2D eigenvalue weighted by atomic mass is 16.5. The highest BCUT2D eigenvalue weighted by Crippen LogP contribution is 2.17. The van der Waals surface area contributed by atoms with Crippen molar-refractivity contribution in [1.82, 2.24) is 10.2 Å².